The second-order valence-electron chi connectivity index (χ2n) is 6.19. The fourth-order valence-electron chi connectivity index (χ4n) is 2.71. The van der Waals surface area contributed by atoms with Crippen molar-refractivity contribution in [2.75, 3.05) is 0 Å². The molecule has 0 amide bonds. The van der Waals surface area contributed by atoms with Crippen LogP contribution in [-0.4, -0.2) is 17.0 Å². The normalized spacial score (nSPS) is 13.0. The molecule has 6 heteroatoms. The smallest absolute Gasteiger partial charge is 0.328 e. The first-order valence-electron chi connectivity index (χ1n) is 8.73. The van der Waals surface area contributed by atoms with Crippen molar-refractivity contribution in [3.05, 3.63) is 75.8 Å². The molecule has 0 saturated carbocycles. The van der Waals surface area contributed by atoms with Gasteiger partial charge in [0, 0.05) is 18.7 Å². The summed E-state index contributed by atoms with van der Waals surface area (Å²) in [5.41, 5.74) is 1.56. The topological polar surface area (TPSA) is 81.5 Å². The average molecular weight is 356 g/mol. The third-order valence-corrected chi connectivity index (χ3v) is 4.01. The van der Waals surface area contributed by atoms with Gasteiger partial charge in [0.1, 0.15) is 6.04 Å². The van der Waals surface area contributed by atoms with Crippen LogP contribution < -0.4 is 5.32 Å². The lowest BCUT2D eigenvalue weighted by Gasteiger charge is -2.21. The summed E-state index contributed by atoms with van der Waals surface area (Å²) in [4.78, 5) is 23.1. The first-order chi connectivity index (χ1) is 12.5. The molecule has 0 radical (unpaired) electrons. The first-order valence-corrected chi connectivity index (χ1v) is 8.73. The highest BCUT2D eigenvalue weighted by molar-refractivity contribution is 5.77. The molecule has 26 heavy (non-hydrogen) atoms. The number of ether oxygens (including phenoxy) is 1. The molecule has 1 unspecified atom stereocenters. The Balaban J connectivity index is 2.13. The van der Waals surface area contributed by atoms with Gasteiger partial charge in [0.05, 0.1) is 11.0 Å². The fourth-order valence-corrected chi connectivity index (χ4v) is 2.71. The van der Waals surface area contributed by atoms with Crippen molar-refractivity contribution >= 4 is 11.7 Å². The van der Waals surface area contributed by atoms with Crippen LogP contribution in [-0.2, 0) is 16.1 Å². The van der Waals surface area contributed by atoms with E-state index in [0.29, 0.717) is 6.54 Å². The Kier molecular flexibility index (Phi) is 7.29. The molecule has 0 bridgehead atoms. The van der Waals surface area contributed by atoms with Crippen LogP contribution in [0.25, 0.3) is 0 Å². The van der Waals surface area contributed by atoms with E-state index in [9.17, 15) is 14.9 Å². The van der Waals surface area contributed by atoms with Crippen LogP contribution in [0.4, 0.5) is 5.69 Å². The summed E-state index contributed by atoms with van der Waals surface area (Å²) in [5, 5.41) is 14.1. The van der Waals surface area contributed by atoms with Crippen molar-refractivity contribution in [1.82, 2.24) is 5.32 Å². The lowest BCUT2D eigenvalue weighted by Crippen LogP contribution is -2.31. The van der Waals surface area contributed by atoms with Crippen LogP contribution in [0, 0.1) is 10.1 Å². The van der Waals surface area contributed by atoms with E-state index in [0.717, 1.165) is 24.0 Å². The highest BCUT2D eigenvalue weighted by Crippen LogP contribution is 2.19. The molecule has 1 N–H and O–H groups in total. The van der Waals surface area contributed by atoms with E-state index in [-0.39, 0.29) is 17.8 Å². The number of nitrogens with one attached hydrogen (secondary N) is 1. The van der Waals surface area contributed by atoms with Crippen LogP contribution in [0.15, 0.2) is 54.6 Å². The maximum atomic E-state index is 12.6. The number of carbonyl (C=O) groups is 1. The van der Waals surface area contributed by atoms with Gasteiger partial charge in [-0.1, -0.05) is 55.8 Å². The molecule has 0 aliphatic rings. The van der Waals surface area contributed by atoms with Crippen molar-refractivity contribution in [3.63, 3.8) is 0 Å². The van der Waals surface area contributed by atoms with E-state index in [1.807, 2.05) is 44.2 Å². The lowest BCUT2D eigenvalue weighted by atomic mass is 10.1. The molecule has 0 aliphatic heterocycles. The van der Waals surface area contributed by atoms with E-state index >= 15 is 0 Å². The third-order valence-electron chi connectivity index (χ3n) is 4.01. The monoisotopic (exact) mass is 356 g/mol. The van der Waals surface area contributed by atoms with E-state index < -0.39 is 11.0 Å². The highest BCUT2D eigenvalue weighted by atomic mass is 16.6. The van der Waals surface area contributed by atoms with Gasteiger partial charge in [-0.15, -0.1) is 0 Å². The van der Waals surface area contributed by atoms with Crippen LogP contribution >= 0.6 is 0 Å². The Bertz CT molecular complexity index is 734. The van der Waals surface area contributed by atoms with Gasteiger partial charge in [0.2, 0.25) is 0 Å². The Morgan fingerprint density at radius 1 is 1.19 bits per heavy atom. The highest BCUT2D eigenvalue weighted by Gasteiger charge is 2.23. The number of hydrogen-bond donors (Lipinski definition) is 1. The van der Waals surface area contributed by atoms with Crippen LogP contribution in [0.1, 0.15) is 43.9 Å². The SMILES string of the molecule is CCCC(C)OC(=O)[C@@H](NCc1cccc([N+](=O)[O-])c1)c1ccccc1. The molecule has 0 aromatic heterocycles. The van der Waals surface area contributed by atoms with Crippen LogP contribution in [0.2, 0.25) is 0 Å². The van der Waals surface area contributed by atoms with Crippen LogP contribution in [0.5, 0.6) is 0 Å². The van der Waals surface area contributed by atoms with Gasteiger partial charge >= 0.3 is 5.97 Å². The minimum atomic E-state index is -0.630. The molecule has 2 aromatic rings. The number of esters is 1. The lowest BCUT2D eigenvalue weighted by molar-refractivity contribution is -0.384. The third kappa shape index (κ3) is 5.67. The Hall–Kier alpha value is -2.73. The molecular formula is C20H24N2O4. The number of rotatable bonds is 9. The number of nitrogens with zero attached hydrogens (tertiary/aromatic N) is 1. The molecule has 2 rings (SSSR count). The summed E-state index contributed by atoms with van der Waals surface area (Å²) in [5.74, 6) is -0.345. The predicted molar refractivity (Wildman–Crippen MR) is 99.6 cm³/mol. The minimum Gasteiger partial charge on any atom is -0.461 e. The van der Waals surface area contributed by atoms with Gasteiger partial charge in [0.25, 0.3) is 5.69 Å². The maximum absolute atomic E-state index is 12.6. The molecule has 0 aliphatic carbocycles. The molecule has 0 heterocycles. The van der Waals surface area contributed by atoms with Gasteiger partial charge in [-0.25, -0.2) is 4.79 Å². The molecule has 6 nitrogen and oxygen atoms in total. The van der Waals surface area contributed by atoms with Gasteiger partial charge in [-0.05, 0) is 24.5 Å². The average Bonchev–Trinajstić information content (AvgIpc) is 2.63. The number of carbonyl (C=O) groups excluding carboxylic acids is 1. The largest absolute Gasteiger partial charge is 0.461 e. The molecule has 2 aromatic carbocycles. The number of nitro benzene ring substituents is 1. The van der Waals surface area contributed by atoms with Gasteiger partial charge in [-0.2, -0.15) is 0 Å². The first kappa shape index (κ1) is 19.6. The van der Waals surface area contributed by atoms with Crippen molar-refractivity contribution < 1.29 is 14.5 Å². The zero-order valence-corrected chi connectivity index (χ0v) is 15.1. The van der Waals surface area contributed by atoms with Crippen molar-refractivity contribution in [1.29, 1.82) is 0 Å². The summed E-state index contributed by atoms with van der Waals surface area (Å²) in [6.45, 7) is 4.24. The van der Waals surface area contributed by atoms with Gasteiger partial charge < -0.3 is 4.74 Å². The van der Waals surface area contributed by atoms with Crippen molar-refractivity contribution in [2.45, 2.75) is 45.4 Å². The Morgan fingerprint density at radius 2 is 1.92 bits per heavy atom. The Labute approximate surface area is 153 Å². The number of hydrogen-bond acceptors (Lipinski definition) is 5. The standard InChI is InChI=1S/C20H24N2O4/c1-3-8-15(2)26-20(23)19(17-10-5-4-6-11-17)21-14-16-9-7-12-18(13-16)22(24)25/h4-7,9-13,15,19,21H,3,8,14H2,1-2H3/t15?,19-/m0/s1. The summed E-state index contributed by atoms with van der Waals surface area (Å²) in [6.07, 6.45) is 1.59. The van der Waals surface area contributed by atoms with Gasteiger partial charge in [-0.3, -0.25) is 15.4 Å². The summed E-state index contributed by atoms with van der Waals surface area (Å²) in [6, 6.07) is 15.1. The maximum Gasteiger partial charge on any atom is 0.328 e. The Morgan fingerprint density at radius 3 is 2.58 bits per heavy atom. The zero-order valence-electron chi connectivity index (χ0n) is 15.1. The molecule has 0 spiro atoms. The summed E-state index contributed by atoms with van der Waals surface area (Å²) < 4.78 is 5.55. The molecule has 0 saturated heterocycles. The van der Waals surface area contributed by atoms with Crippen molar-refractivity contribution in [3.8, 4) is 0 Å². The van der Waals surface area contributed by atoms with E-state index in [1.54, 1.807) is 12.1 Å². The number of nitro groups is 1. The second kappa shape index (κ2) is 9.68. The minimum absolute atomic E-state index is 0.0275. The summed E-state index contributed by atoms with van der Waals surface area (Å²) >= 11 is 0. The zero-order chi connectivity index (χ0) is 18.9. The summed E-state index contributed by atoms with van der Waals surface area (Å²) in [7, 11) is 0. The molecule has 2 atom stereocenters. The van der Waals surface area contributed by atoms with Gasteiger partial charge in [0.15, 0.2) is 0 Å². The second-order valence-corrected chi connectivity index (χ2v) is 6.19. The van der Waals surface area contributed by atoms with Crippen LogP contribution in [0.3, 0.4) is 0 Å². The quantitative estimate of drug-likeness (QED) is 0.414. The van der Waals surface area contributed by atoms with Crippen molar-refractivity contribution in [2.24, 2.45) is 0 Å². The van der Waals surface area contributed by atoms with E-state index in [2.05, 4.69) is 5.32 Å². The predicted octanol–water partition coefficient (Wildman–Crippen LogP) is 4.16. The molecular weight excluding hydrogens is 332 g/mol. The van der Waals surface area contributed by atoms with E-state index in [1.165, 1.54) is 12.1 Å². The number of benzene rings is 2. The number of non-ortho nitro benzene ring substituents is 1. The van der Waals surface area contributed by atoms with E-state index in [4.69, 9.17) is 4.74 Å². The molecule has 138 valence electrons. The fraction of sp³-hybridized carbons (Fsp3) is 0.350. The molecule has 0 fully saturated rings.